The molecule has 0 bridgehead atoms. The number of nitrogens with zero attached hydrogens (tertiary/aromatic N) is 1. The van der Waals surface area contributed by atoms with E-state index in [2.05, 4.69) is 15.8 Å². The Morgan fingerprint density at radius 1 is 1.31 bits per heavy atom. The number of nitrogens with one attached hydrogen (secondary N) is 2. The Bertz CT molecular complexity index is 705. The summed E-state index contributed by atoms with van der Waals surface area (Å²) in [5.41, 5.74) is 2.53. The van der Waals surface area contributed by atoms with Crippen LogP contribution in [0, 0.1) is 5.92 Å². The predicted octanol–water partition coefficient (Wildman–Crippen LogP) is 1.03. The summed E-state index contributed by atoms with van der Waals surface area (Å²) in [5, 5.41) is 14.9. The number of methoxy groups -OCH3 is 1. The number of ether oxygens (including phenoxy) is 2. The molecule has 0 aliphatic heterocycles. The Balaban J connectivity index is 2.76. The third-order valence-electron chi connectivity index (χ3n) is 2.85. The van der Waals surface area contributed by atoms with Gasteiger partial charge in [0, 0.05) is 6.54 Å². The minimum absolute atomic E-state index is 0.0748. The van der Waals surface area contributed by atoms with Crippen LogP contribution in [0.1, 0.15) is 19.4 Å². The maximum atomic E-state index is 11.6. The number of rotatable bonds is 8. The highest BCUT2D eigenvalue weighted by Crippen LogP contribution is 2.35. The molecule has 0 fully saturated rings. The molecule has 26 heavy (non-hydrogen) atoms. The van der Waals surface area contributed by atoms with Crippen molar-refractivity contribution in [1.29, 1.82) is 0 Å². The molecule has 0 heterocycles. The van der Waals surface area contributed by atoms with Crippen LogP contribution in [-0.2, 0) is 14.4 Å². The van der Waals surface area contributed by atoms with Gasteiger partial charge >= 0.3 is 17.8 Å². The molecule has 0 saturated heterocycles. The van der Waals surface area contributed by atoms with Gasteiger partial charge in [-0.2, -0.15) is 5.10 Å². The number of halogens is 1. The van der Waals surface area contributed by atoms with E-state index in [4.69, 9.17) is 26.2 Å². The Hall–Kier alpha value is -2.81. The number of hydrogen-bond acceptors (Lipinski definition) is 6. The molecule has 1 rings (SSSR count). The van der Waals surface area contributed by atoms with Crippen LogP contribution in [0.5, 0.6) is 11.5 Å². The molecule has 0 radical (unpaired) electrons. The van der Waals surface area contributed by atoms with Crippen LogP contribution in [0.25, 0.3) is 0 Å². The molecule has 9 nitrogen and oxygen atoms in total. The molecule has 142 valence electrons. The number of aliphatic carboxylic acids is 1. The van der Waals surface area contributed by atoms with Crippen molar-refractivity contribution in [3.63, 3.8) is 0 Å². The zero-order chi connectivity index (χ0) is 19.7. The Labute approximate surface area is 155 Å². The minimum Gasteiger partial charge on any atom is -0.493 e. The second kappa shape index (κ2) is 10.2. The van der Waals surface area contributed by atoms with Gasteiger partial charge in [-0.3, -0.25) is 9.59 Å². The molecule has 1 aromatic rings. The molecule has 0 aliphatic carbocycles. The van der Waals surface area contributed by atoms with Crippen molar-refractivity contribution in [1.82, 2.24) is 10.7 Å². The Morgan fingerprint density at radius 3 is 2.58 bits per heavy atom. The molecule has 1 aromatic carbocycles. The summed E-state index contributed by atoms with van der Waals surface area (Å²) in [4.78, 5) is 33.7. The average Bonchev–Trinajstić information content (AvgIpc) is 2.57. The van der Waals surface area contributed by atoms with Gasteiger partial charge in [-0.05, 0) is 23.6 Å². The number of hydrogen-bond donors (Lipinski definition) is 3. The van der Waals surface area contributed by atoms with Gasteiger partial charge in [-0.1, -0.05) is 25.4 Å². The van der Waals surface area contributed by atoms with E-state index in [0.29, 0.717) is 12.1 Å². The van der Waals surface area contributed by atoms with Crippen molar-refractivity contribution in [2.75, 3.05) is 20.3 Å². The lowest BCUT2D eigenvalue weighted by molar-refractivity contribution is -0.139. The Kier molecular flexibility index (Phi) is 8.36. The van der Waals surface area contributed by atoms with Gasteiger partial charge in [0.25, 0.3) is 0 Å². The first-order chi connectivity index (χ1) is 12.2. The van der Waals surface area contributed by atoms with Crippen molar-refractivity contribution in [2.24, 2.45) is 11.0 Å². The van der Waals surface area contributed by atoms with Crippen LogP contribution < -0.4 is 20.2 Å². The summed E-state index contributed by atoms with van der Waals surface area (Å²) >= 11 is 6.05. The molecule has 0 aliphatic rings. The van der Waals surface area contributed by atoms with Gasteiger partial charge in [0.1, 0.15) is 0 Å². The molecule has 0 unspecified atom stereocenters. The van der Waals surface area contributed by atoms with Gasteiger partial charge in [0.2, 0.25) is 0 Å². The smallest absolute Gasteiger partial charge is 0.341 e. The average molecular weight is 386 g/mol. The van der Waals surface area contributed by atoms with Crippen LogP contribution in [0.4, 0.5) is 0 Å². The fourth-order valence-corrected chi connectivity index (χ4v) is 1.96. The van der Waals surface area contributed by atoms with Crippen molar-refractivity contribution < 1.29 is 29.0 Å². The largest absolute Gasteiger partial charge is 0.493 e. The molecule has 10 heteroatoms. The standard InChI is InChI=1S/C16H20ClN3O6/c1-9(2)6-18-15(23)16(24)20-19-7-10-4-11(17)14(12(5-10)25-3)26-8-13(21)22/h4-5,7,9H,6,8H2,1-3H3,(H,18,23)(H,20,24)(H,21,22)/b19-7-. The first-order valence-electron chi connectivity index (χ1n) is 7.58. The summed E-state index contributed by atoms with van der Waals surface area (Å²) in [5.74, 6) is -2.36. The topological polar surface area (TPSA) is 126 Å². The Morgan fingerprint density at radius 2 is 2.00 bits per heavy atom. The zero-order valence-electron chi connectivity index (χ0n) is 14.5. The maximum absolute atomic E-state index is 11.6. The molecule has 0 spiro atoms. The second-order valence-electron chi connectivity index (χ2n) is 5.52. The maximum Gasteiger partial charge on any atom is 0.341 e. The number of hydrazone groups is 1. The third kappa shape index (κ3) is 6.98. The van der Waals surface area contributed by atoms with Gasteiger partial charge in [0.15, 0.2) is 18.1 Å². The number of carboxylic acids is 1. The zero-order valence-corrected chi connectivity index (χ0v) is 15.3. The summed E-state index contributed by atoms with van der Waals surface area (Å²) in [6.45, 7) is 3.60. The van der Waals surface area contributed by atoms with E-state index in [0.717, 1.165) is 0 Å². The van der Waals surface area contributed by atoms with Gasteiger partial charge < -0.3 is 19.9 Å². The van der Waals surface area contributed by atoms with E-state index in [1.165, 1.54) is 25.5 Å². The molecule has 0 atom stereocenters. The minimum atomic E-state index is -1.16. The van der Waals surface area contributed by atoms with Crippen LogP contribution in [0.3, 0.4) is 0 Å². The van der Waals surface area contributed by atoms with E-state index in [1.54, 1.807) is 0 Å². The number of benzene rings is 1. The van der Waals surface area contributed by atoms with Gasteiger partial charge in [-0.15, -0.1) is 0 Å². The van der Waals surface area contributed by atoms with Gasteiger partial charge in [0.05, 0.1) is 18.3 Å². The molecule has 0 saturated carbocycles. The third-order valence-corrected chi connectivity index (χ3v) is 3.13. The van der Waals surface area contributed by atoms with E-state index >= 15 is 0 Å². The van der Waals surface area contributed by atoms with Crippen LogP contribution in [-0.4, -0.2) is 49.4 Å². The highest BCUT2D eigenvalue weighted by Gasteiger charge is 2.14. The van der Waals surface area contributed by atoms with Crippen LogP contribution in [0.2, 0.25) is 5.02 Å². The van der Waals surface area contributed by atoms with Crippen LogP contribution in [0.15, 0.2) is 17.2 Å². The highest BCUT2D eigenvalue weighted by atomic mass is 35.5. The molecule has 3 N–H and O–H groups in total. The molecule has 2 amide bonds. The monoisotopic (exact) mass is 385 g/mol. The number of carbonyl (C=O) groups excluding carboxylic acids is 2. The SMILES string of the molecule is COc1cc(/C=N\NC(=O)C(=O)NCC(C)C)cc(Cl)c1OCC(=O)O. The van der Waals surface area contributed by atoms with Crippen molar-refractivity contribution >= 4 is 35.6 Å². The highest BCUT2D eigenvalue weighted by molar-refractivity contribution is 6.35. The van der Waals surface area contributed by atoms with E-state index in [1.807, 2.05) is 13.8 Å². The number of amides is 2. The molecular weight excluding hydrogens is 366 g/mol. The molecule has 0 aromatic heterocycles. The van der Waals surface area contributed by atoms with E-state index in [9.17, 15) is 14.4 Å². The quantitative estimate of drug-likeness (QED) is 0.348. The summed E-state index contributed by atoms with van der Waals surface area (Å²) in [6.07, 6.45) is 1.25. The van der Waals surface area contributed by atoms with E-state index < -0.39 is 24.4 Å². The summed E-state index contributed by atoms with van der Waals surface area (Å²) in [7, 11) is 1.36. The lowest BCUT2D eigenvalue weighted by atomic mass is 10.2. The normalized spacial score (nSPS) is 10.7. The number of carbonyl (C=O) groups is 3. The fourth-order valence-electron chi connectivity index (χ4n) is 1.68. The van der Waals surface area contributed by atoms with Crippen molar-refractivity contribution in [3.8, 4) is 11.5 Å². The van der Waals surface area contributed by atoms with Crippen molar-refractivity contribution in [2.45, 2.75) is 13.8 Å². The summed E-state index contributed by atoms with van der Waals surface area (Å²) < 4.78 is 10.2. The van der Waals surface area contributed by atoms with Gasteiger partial charge in [-0.25, -0.2) is 10.2 Å². The van der Waals surface area contributed by atoms with Crippen molar-refractivity contribution in [3.05, 3.63) is 22.7 Å². The first-order valence-corrected chi connectivity index (χ1v) is 7.95. The lowest BCUT2D eigenvalue weighted by Gasteiger charge is -2.11. The lowest BCUT2D eigenvalue weighted by Crippen LogP contribution is -2.39. The first kappa shape index (κ1) is 21.2. The van der Waals surface area contributed by atoms with E-state index in [-0.39, 0.29) is 22.4 Å². The summed E-state index contributed by atoms with van der Waals surface area (Å²) in [6, 6.07) is 2.92. The fraction of sp³-hybridized carbons (Fsp3) is 0.375. The predicted molar refractivity (Wildman–Crippen MR) is 94.7 cm³/mol. The molecular formula is C16H20ClN3O6. The van der Waals surface area contributed by atoms with Crippen LogP contribution >= 0.6 is 11.6 Å². The number of carboxylic acid groups (broad SMARTS) is 1. The second-order valence-corrected chi connectivity index (χ2v) is 5.93.